The fraction of sp³-hybridized carbons (Fsp3) is 0.0870. The molecule has 1 aliphatic heterocycles. The van der Waals surface area contributed by atoms with Gasteiger partial charge in [0.1, 0.15) is 11.5 Å². The van der Waals surface area contributed by atoms with E-state index in [1.165, 1.54) is 5.56 Å². The van der Waals surface area contributed by atoms with E-state index in [-0.39, 0.29) is 6.04 Å². The first-order chi connectivity index (χ1) is 12.8. The Bertz CT molecular complexity index is 929. The largest absolute Gasteiger partial charge is 0.497 e. The zero-order valence-corrected chi connectivity index (χ0v) is 14.6. The molecular formula is C23H20NO2+. The topological polar surface area (TPSA) is 32.4 Å². The number of rotatable bonds is 4. The van der Waals surface area contributed by atoms with E-state index in [4.69, 9.17) is 9.47 Å². The Kier molecular flexibility index (Phi) is 4.52. The molecule has 0 saturated heterocycles. The number of hydrogen-bond acceptors (Lipinski definition) is 2. The Morgan fingerprint density at radius 2 is 1.42 bits per heavy atom. The van der Waals surface area contributed by atoms with Crippen LogP contribution < -0.4 is 9.73 Å². The van der Waals surface area contributed by atoms with Crippen LogP contribution in [0.25, 0.3) is 5.76 Å². The molecule has 4 rings (SSSR count). The van der Waals surface area contributed by atoms with Gasteiger partial charge in [-0.05, 0) is 24.3 Å². The molecule has 26 heavy (non-hydrogen) atoms. The van der Waals surface area contributed by atoms with Crippen LogP contribution in [0.5, 0.6) is 5.75 Å². The highest BCUT2D eigenvalue weighted by Crippen LogP contribution is 2.24. The highest BCUT2D eigenvalue weighted by atomic mass is 16.5. The van der Waals surface area contributed by atoms with E-state index in [0.717, 1.165) is 28.5 Å². The van der Waals surface area contributed by atoms with Gasteiger partial charge in [0.2, 0.25) is 6.04 Å². The average Bonchev–Trinajstić information content (AvgIpc) is 2.75. The van der Waals surface area contributed by atoms with Crippen LogP contribution in [0.3, 0.4) is 0 Å². The van der Waals surface area contributed by atoms with E-state index in [1.807, 2.05) is 48.5 Å². The first-order valence-corrected chi connectivity index (χ1v) is 8.61. The Balaban J connectivity index is 1.75. The van der Waals surface area contributed by atoms with E-state index >= 15 is 0 Å². The summed E-state index contributed by atoms with van der Waals surface area (Å²) in [7, 11) is 1.67. The molecule has 1 heterocycles. The summed E-state index contributed by atoms with van der Waals surface area (Å²) in [5.74, 6) is 2.41. The molecule has 3 aromatic rings. The predicted molar refractivity (Wildman–Crippen MR) is 103 cm³/mol. The molecule has 0 amide bonds. The van der Waals surface area contributed by atoms with Gasteiger partial charge >= 0.3 is 5.90 Å². The lowest BCUT2D eigenvalue weighted by molar-refractivity contribution is -0.505. The highest BCUT2D eigenvalue weighted by Gasteiger charge is 2.26. The molecule has 1 unspecified atom stereocenters. The van der Waals surface area contributed by atoms with Crippen molar-refractivity contribution in [2.45, 2.75) is 6.04 Å². The van der Waals surface area contributed by atoms with Gasteiger partial charge in [0.05, 0.1) is 12.7 Å². The minimum atomic E-state index is 0.0391. The fourth-order valence-electron chi connectivity index (χ4n) is 2.99. The predicted octanol–water partition coefficient (Wildman–Crippen LogP) is 3.34. The summed E-state index contributed by atoms with van der Waals surface area (Å²) in [4.78, 5) is 3.50. The highest BCUT2D eigenvalue weighted by molar-refractivity contribution is 5.94. The molecule has 3 heteroatoms. The summed E-state index contributed by atoms with van der Waals surface area (Å²) in [6.07, 6.45) is 2.12. The number of ether oxygens (including phenoxy) is 2. The SMILES string of the molecule is COc1ccc(C2=[NH+]C(c3ccccc3)C=C(c3ccccc3)O2)cc1. The van der Waals surface area contributed by atoms with Gasteiger partial charge < -0.3 is 9.47 Å². The van der Waals surface area contributed by atoms with Gasteiger partial charge in [-0.15, -0.1) is 0 Å². The average molecular weight is 342 g/mol. The normalized spacial score (nSPS) is 16.3. The third-order valence-corrected chi connectivity index (χ3v) is 4.39. The second-order valence-electron chi connectivity index (χ2n) is 6.09. The minimum absolute atomic E-state index is 0.0391. The fourth-order valence-corrected chi connectivity index (χ4v) is 2.99. The molecule has 3 nitrogen and oxygen atoms in total. The number of hydrogen-bond donors (Lipinski definition) is 1. The maximum atomic E-state index is 6.21. The molecule has 0 spiro atoms. The third-order valence-electron chi connectivity index (χ3n) is 4.39. The smallest absolute Gasteiger partial charge is 0.374 e. The molecule has 0 bridgehead atoms. The van der Waals surface area contributed by atoms with Crippen molar-refractivity contribution in [1.82, 2.24) is 0 Å². The van der Waals surface area contributed by atoms with Gasteiger partial charge in [-0.2, -0.15) is 4.99 Å². The van der Waals surface area contributed by atoms with Crippen LogP contribution in [-0.2, 0) is 4.74 Å². The van der Waals surface area contributed by atoms with E-state index in [2.05, 4.69) is 47.5 Å². The molecule has 0 radical (unpaired) electrons. The maximum absolute atomic E-state index is 6.21. The van der Waals surface area contributed by atoms with Crippen molar-refractivity contribution < 1.29 is 14.5 Å². The van der Waals surface area contributed by atoms with Gasteiger partial charge in [-0.3, -0.25) is 0 Å². The summed E-state index contributed by atoms with van der Waals surface area (Å²) < 4.78 is 11.5. The standard InChI is InChI=1S/C23H19NO2/c1-25-20-14-12-19(13-15-20)23-24-21(17-8-4-2-5-9-17)16-22(26-23)18-10-6-3-7-11-18/h2-16,21H,1H3/p+1. The monoisotopic (exact) mass is 342 g/mol. The van der Waals surface area contributed by atoms with Crippen LogP contribution in [0, 0.1) is 0 Å². The van der Waals surface area contributed by atoms with E-state index in [1.54, 1.807) is 7.11 Å². The molecule has 0 aromatic heterocycles. The van der Waals surface area contributed by atoms with Crippen LogP contribution in [0.4, 0.5) is 0 Å². The summed E-state index contributed by atoms with van der Waals surface area (Å²) in [6.45, 7) is 0. The van der Waals surface area contributed by atoms with Crippen molar-refractivity contribution in [3.63, 3.8) is 0 Å². The molecule has 1 atom stereocenters. The zero-order valence-electron chi connectivity index (χ0n) is 14.6. The first-order valence-electron chi connectivity index (χ1n) is 8.61. The Labute approximate surface area is 153 Å². The minimum Gasteiger partial charge on any atom is -0.497 e. The zero-order chi connectivity index (χ0) is 17.8. The van der Waals surface area contributed by atoms with Gasteiger partial charge in [-0.25, -0.2) is 0 Å². The van der Waals surface area contributed by atoms with Gasteiger partial charge in [0.15, 0.2) is 0 Å². The Hall–Kier alpha value is -3.33. The number of nitrogens with one attached hydrogen (secondary N) is 1. The molecule has 0 aliphatic carbocycles. The quantitative estimate of drug-likeness (QED) is 0.789. The summed E-state index contributed by atoms with van der Waals surface area (Å²) >= 11 is 0. The number of benzene rings is 3. The van der Waals surface area contributed by atoms with E-state index in [9.17, 15) is 0 Å². The Morgan fingerprint density at radius 1 is 0.769 bits per heavy atom. The van der Waals surface area contributed by atoms with Gasteiger partial charge in [0, 0.05) is 17.2 Å². The molecule has 0 saturated carbocycles. The van der Waals surface area contributed by atoms with Crippen LogP contribution in [0.1, 0.15) is 22.7 Å². The van der Waals surface area contributed by atoms with Crippen LogP contribution >= 0.6 is 0 Å². The summed E-state index contributed by atoms with van der Waals surface area (Å²) in [5.41, 5.74) is 3.23. The van der Waals surface area contributed by atoms with Crippen molar-refractivity contribution in [3.05, 3.63) is 108 Å². The molecule has 1 N–H and O–H groups in total. The Morgan fingerprint density at radius 3 is 2.08 bits per heavy atom. The van der Waals surface area contributed by atoms with Crippen molar-refractivity contribution in [1.29, 1.82) is 0 Å². The van der Waals surface area contributed by atoms with Gasteiger partial charge in [0.25, 0.3) is 0 Å². The summed E-state index contributed by atoms with van der Waals surface area (Å²) in [6, 6.07) is 28.4. The first kappa shape index (κ1) is 16.2. The lowest BCUT2D eigenvalue weighted by Crippen LogP contribution is -2.76. The molecule has 128 valence electrons. The van der Waals surface area contributed by atoms with Gasteiger partial charge in [-0.1, -0.05) is 60.7 Å². The van der Waals surface area contributed by atoms with E-state index < -0.39 is 0 Å². The van der Waals surface area contributed by atoms with Crippen molar-refractivity contribution >= 4 is 11.7 Å². The summed E-state index contributed by atoms with van der Waals surface area (Å²) in [5, 5.41) is 0. The second kappa shape index (κ2) is 7.28. The van der Waals surface area contributed by atoms with Crippen molar-refractivity contribution in [3.8, 4) is 5.75 Å². The van der Waals surface area contributed by atoms with Crippen molar-refractivity contribution in [2.24, 2.45) is 0 Å². The van der Waals surface area contributed by atoms with Crippen LogP contribution in [0.2, 0.25) is 0 Å². The van der Waals surface area contributed by atoms with Crippen molar-refractivity contribution in [2.75, 3.05) is 7.11 Å². The molecule has 0 fully saturated rings. The lowest BCUT2D eigenvalue weighted by atomic mass is 10.0. The molecular weight excluding hydrogens is 322 g/mol. The second-order valence-corrected chi connectivity index (χ2v) is 6.09. The maximum Gasteiger partial charge on any atom is 0.374 e. The molecule has 3 aromatic carbocycles. The third kappa shape index (κ3) is 3.38. The lowest BCUT2D eigenvalue weighted by Gasteiger charge is -2.17. The van der Waals surface area contributed by atoms with Crippen LogP contribution in [-0.4, -0.2) is 13.0 Å². The van der Waals surface area contributed by atoms with E-state index in [0.29, 0.717) is 0 Å². The molecule has 1 aliphatic rings. The van der Waals surface area contributed by atoms with Crippen LogP contribution in [0.15, 0.2) is 91.0 Å². The number of methoxy groups -OCH3 is 1.